The zero-order chi connectivity index (χ0) is 18.3. The van der Waals surface area contributed by atoms with E-state index >= 15 is 0 Å². The summed E-state index contributed by atoms with van der Waals surface area (Å²) in [6.45, 7) is 2.08. The number of ether oxygens (including phenoxy) is 2. The molecule has 0 aliphatic heterocycles. The van der Waals surface area contributed by atoms with Crippen molar-refractivity contribution in [3.8, 4) is 22.6 Å². The van der Waals surface area contributed by atoms with Gasteiger partial charge in [-0.15, -0.1) is 10.2 Å². The van der Waals surface area contributed by atoms with Gasteiger partial charge >= 0.3 is 0 Å². The van der Waals surface area contributed by atoms with E-state index in [-0.39, 0.29) is 0 Å². The van der Waals surface area contributed by atoms with Crippen LogP contribution in [0.5, 0.6) is 11.5 Å². The predicted octanol–water partition coefficient (Wildman–Crippen LogP) is 4.89. The smallest absolute Gasteiger partial charge is 0.175 e. The number of aromatic nitrogens is 3. The van der Waals surface area contributed by atoms with Crippen molar-refractivity contribution in [1.29, 1.82) is 0 Å². The number of rotatable bonds is 4. The Morgan fingerprint density at radius 1 is 1.04 bits per heavy atom. The quantitative estimate of drug-likeness (QED) is 0.479. The Kier molecular flexibility index (Phi) is 4.28. The Morgan fingerprint density at radius 2 is 1.81 bits per heavy atom. The SMILES string of the molecule is CCc1nnc2c(-c3ccccc3)cc3c(Br)c(OC)c(OC)cc3n12. The first-order valence-electron chi connectivity index (χ1n) is 8.36. The molecule has 2 heterocycles. The zero-order valence-corrected chi connectivity index (χ0v) is 16.4. The fourth-order valence-corrected chi connectivity index (χ4v) is 3.96. The number of hydrogen-bond donors (Lipinski definition) is 0. The summed E-state index contributed by atoms with van der Waals surface area (Å²) in [6.07, 6.45) is 0.778. The topological polar surface area (TPSA) is 48.7 Å². The first-order chi connectivity index (χ1) is 12.7. The summed E-state index contributed by atoms with van der Waals surface area (Å²) in [5.41, 5.74) is 3.93. The van der Waals surface area contributed by atoms with Gasteiger partial charge in [0.05, 0.1) is 24.2 Å². The first kappa shape index (κ1) is 16.8. The van der Waals surface area contributed by atoms with Gasteiger partial charge in [-0.1, -0.05) is 37.3 Å². The van der Waals surface area contributed by atoms with E-state index in [2.05, 4.69) is 55.7 Å². The maximum Gasteiger partial charge on any atom is 0.175 e. The zero-order valence-electron chi connectivity index (χ0n) is 14.8. The molecule has 0 aliphatic rings. The molecule has 0 N–H and O–H groups in total. The molecular weight excluding hydrogens is 394 g/mol. The predicted molar refractivity (Wildman–Crippen MR) is 106 cm³/mol. The Hall–Kier alpha value is -2.60. The molecule has 0 spiro atoms. The van der Waals surface area contributed by atoms with E-state index in [0.29, 0.717) is 11.5 Å². The largest absolute Gasteiger partial charge is 0.493 e. The highest BCUT2D eigenvalue weighted by Gasteiger charge is 2.20. The molecule has 26 heavy (non-hydrogen) atoms. The number of aryl methyl sites for hydroxylation is 1. The molecule has 0 saturated heterocycles. The maximum absolute atomic E-state index is 5.56. The Labute approximate surface area is 159 Å². The molecule has 4 rings (SSSR count). The molecule has 5 nitrogen and oxygen atoms in total. The summed E-state index contributed by atoms with van der Waals surface area (Å²) >= 11 is 3.70. The van der Waals surface area contributed by atoms with Crippen LogP contribution >= 0.6 is 15.9 Å². The van der Waals surface area contributed by atoms with E-state index in [9.17, 15) is 0 Å². The van der Waals surface area contributed by atoms with Gasteiger partial charge in [-0.3, -0.25) is 4.40 Å². The molecule has 0 fully saturated rings. The van der Waals surface area contributed by atoms with Crippen molar-refractivity contribution in [1.82, 2.24) is 14.6 Å². The molecule has 0 unspecified atom stereocenters. The summed E-state index contributed by atoms with van der Waals surface area (Å²) in [7, 11) is 3.28. The van der Waals surface area contributed by atoms with Crippen LogP contribution in [0.15, 0.2) is 46.9 Å². The van der Waals surface area contributed by atoms with Crippen LogP contribution in [-0.2, 0) is 6.42 Å². The number of pyridine rings is 1. The van der Waals surface area contributed by atoms with E-state index in [0.717, 1.165) is 44.4 Å². The molecule has 0 aliphatic carbocycles. The van der Waals surface area contributed by atoms with Crippen LogP contribution in [0.25, 0.3) is 27.7 Å². The van der Waals surface area contributed by atoms with Crippen molar-refractivity contribution in [2.75, 3.05) is 14.2 Å². The van der Waals surface area contributed by atoms with Crippen molar-refractivity contribution in [2.24, 2.45) is 0 Å². The van der Waals surface area contributed by atoms with Crippen LogP contribution in [0.1, 0.15) is 12.7 Å². The summed E-state index contributed by atoms with van der Waals surface area (Å²) in [5.74, 6) is 2.24. The van der Waals surface area contributed by atoms with Gasteiger partial charge < -0.3 is 9.47 Å². The lowest BCUT2D eigenvalue weighted by molar-refractivity contribution is 0.354. The minimum atomic E-state index is 0.663. The summed E-state index contributed by atoms with van der Waals surface area (Å²) < 4.78 is 14.0. The van der Waals surface area contributed by atoms with Gasteiger partial charge in [0, 0.05) is 23.4 Å². The van der Waals surface area contributed by atoms with Gasteiger partial charge in [-0.05, 0) is 27.6 Å². The van der Waals surface area contributed by atoms with E-state index < -0.39 is 0 Å². The average Bonchev–Trinajstić information content (AvgIpc) is 3.12. The number of hydrogen-bond acceptors (Lipinski definition) is 4. The summed E-state index contributed by atoms with van der Waals surface area (Å²) in [6, 6.07) is 14.3. The third kappa shape index (κ3) is 2.44. The molecule has 132 valence electrons. The maximum atomic E-state index is 5.56. The van der Waals surface area contributed by atoms with E-state index in [1.54, 1.807) is 14.2 Å². The highest BCUT2D eigenvalue weighted by molar-refractivity contribution is 9.10. The molecule has 0 saturated carbocycles. The lowest BCUT2D eigenvalue weighted by Crippen LogP contribution is -2.00. The van der Waals surface area contributed by atoms with Crippen LogP contribution in [0.2, 0.25) is 0 Å². The lowest BCUT2D eigenvalue weighted by atomic mass is 10.0. The second kappa shape index (κ2) is 6.61. The Bertz CT molecular complexity index is 1110. The fourth-order valence-electron chi connectivity index (χ4n) is 3.29. The van der Waals surface area contributed by atoms with Gasteiger partial charge in [-0.25, -0.2) is 0 Å². The summed E-state index contributed by atoms with van der Waals surface area (Å²) in [5, 5.41) is 9.89. The third-order valence-electron chi connectivity index (χ3n) is 4.53. The van der Waals surface area contributed by atoms with Gasteiger partial charge in [0.25, 0.3) is 0 Å². The third-order valence-corrected chi connectivity index (χ3v) is 5.32. The molecular formula is C20H18BrN3O2. The van der Waals surface area contributed by atoms with Gasteiger partial charge in [0.2, 0.25) is 0 Å². The Morgan fingerprint density at radius 3 is 2.46 bits per heavy atom. The van der Waals surface area contributed by atoms with Crippen LogP contribution in [0.4, 0.5) is 0 Å². The van der Waals surface area contributed by atoms with E-state index in [4.69, 9.17) is 9.47 Å². The van der Waals surface area contributed by atoms with Crippen molar-refractivity contribution in [2.45, 2.75) is 13.3 Å². The van der Waals surface area contributed by atoms with Crippen molar-refractivity contribution >= 4 is 32.5 Å². The second-order valence-corrected chi connectivity index (χ2v) is 6.70. The summed E-state index contributed by atoms with van der Waals surface area (Å²) in [4.78, 5) is 0. The van der Waals surface area contributed by atoms with E-state index in [1.165, 1.54) is 0 Å². The fraction of sp³-hybridized carbons (Fsp3) is 0.200. The van der Waals surface area contributed by atoms with Crippen LogP contribution in [0.3, 0.4) is 0 Å². The molecule has 0 bridgehead atoms. The average molecular weight is 412 g/mol. The highest BCUT2D eigenvalue weighted by atomic mass is 79.9. The van der Waals surface area contributed by atoms with Crippen LogP contribution in [0, 0.1) is 0 Å². The van der Waals surface area contributed by atoms with E-state index in [1.807, 2.05) is 24.3 Å². The number of benzene rings is 2. The minimum Gasteiger partial charge on any atom is -0.493 e. The standard InChI is InChI=1S/C20H18BrN3O2/c1-4-17-22-23-20-13(12-8-6-5-7-9-12)10-14-15(24(17)20)11-16(25-2)19(26-3)18(14)21/h5-11H,4H2,1-3H3. The molecule has 2 aromatic heterocycles. The number of methoxy groups -OCH3 is 2. The van der Waals surface area contributed by atoms with Crippen molar-refractivity contribution in [3.63, 3.8) is 0 Å². The van der Waals surface area contributed by atoms with Gasteiger partial charge in [0.15, 0.2) is 17.1 Å². The number of halogens is 1. The van der Waals surface area contributed by atoms with Gasteiger partial charge in [0.1, 0.15) is 5.82 Å². The lowest BCUT2D eigenvalue weighted by Gasteiger charge is -2.15. The number of fused-ring (bicyclic) bond motifs is 3. The minimum absolute atomic E-state index is 0.663. The highest BCUT2D eigenvalue weighted by Crippen LogP contribution is 2.43. The molecule has 2 aromatic carbocycles. The van der Waals surface area contributed by atoms with Crippen molar-refractivity contribution in [3.05, 3.63) is 52.8 Å². The molecule has 0 radical (unpaired) electrons. The Balaban J connectivity index is 2.20. The second-order valence-electron chi connectivity index (χ2n) is 5.91. The number of nitrogens with zero attached hydrogens (tertiary/aromatic N) is 3. The van der Waals surface area contributed by atoms with Gasteiger partial charge in [-0.2, -0.15) is 0 Å². The molecule has 4 aromatic rings. The van der Waals surface area contributed by atoms with Crippen LogP contribution < -0.4 is 9.47 Å². The molecule has 0 amide bonds. The van der Waals surface area contributed by atoms with Crippen LogP contribution in [-0.4, -0.2) is 28.8 Å². The first-order valence-corrected chi connectivity index (χ1v) is 9.15. The monoisotopic (exact) mass is 411 g/mol. The van der Waals surface area contributed by atoms with Crippen molar-refractivity contribution < 1.29 is 9.47 Å². The molecule has 0 atom stereocenters. The normalized spacial score (nSPS) is 11.2. The molecule has 6 heteroatoms.